The lowest BCUT2D eigenvalue weighted by atomic mass is 10.1. The highest BCUT2D eigenvalue weighted by atomic mass is 32.2. The van der Waals surface area contributed by atoms with Gasteiger partial charge >= 0.3 is 0 Å². The van der Waals surface area contributed by atoms with E-state index < -0.39 is 0 Å². The zero-order valence-corrected chi connectivity index (χ0v) is 13.1. The molecule has 0 unspecified atom stereocenters. The Kier molecular flexibility index (Phi) is 5.03. The normalized spacial score (nSPS) is 10.5. The maximum Gasteiger partial charge on any atom is 0.133 e. The molecule has 20 heavy (non-hydrogen) atoms. The van der Waals surface area contributed by atoms with Gasteiger partial charge in [0, 0.05) is 22.2 Å². The molecule has 0 aliphatic heterocycles. The van der Waals surface area contributed by atoms with Gasteiger partial charge in [0.05, 0.1) is 6.54 Å². The summed E-state index contributed by atoms with van der Waals surface area (Å²) in [5, 5.41) is 7.28. The molecule has 0 aliphatic carbocycles. The lowest BCUT2D eigenvalue weighted by molar-refractivity contribution is 0.391. The first-order chi connectivity index (χ1) is 9.61. The fourth-order valence-corrected chi connectivity index (χ4v) is 3.03. The number of nitrogens with one attached hydrogen (secondary N) is 1. The van der Waals surface area contributed by atoms with Crippen LogP contribution in [0.5, 0.6) is 0 Å². The van der Waals surface area contributed by atoms with E-state index in [1.165, 1.54) is 0 Å². The van der Waals surface area contributed by atoms with Crippen molar-refractivity contribution in [2.75, 3.05) is 11.1 Å². The molecule has 0 saturated carbocycles. The SMILES string of the molecule is CCSc1cccc(NCc2cc(C)on2)c1C(N)=S. The Morgan fingerprint density at radius 2 is 2.30 bits per heavy atom. The van der Waals surface area contributed by atoms with Crippen LogP contribution in [0.25, 0.3) is 0 Å². The van der Waals surface area contributed by atoms with Gasteiger partial charge in [-0.3, -0.25) is 0 Å². The molecule has 4 nitrogen and oxygen atoms in total. The van der Waals surface area contributed by atoms with Crippen LogP contribution in [0, 0.1) is 6.92 Å². The molecule has 0 radical (unpaired) electrons. The molecule has 1 aromatic carbocycles. The molecule has 2 rings (SSSR count). The van der Waals surface area contributed by atoms with Crippen molar-refractivity contribution in [2.24, 2.45) is 5.73 Å². The number of anilines is 1. The minimum atomic E-state index is 0.403. The standard InChI is InChI=1S/C14H17N3OS2/c1-3-20-12-6-4-5-11(13(12)14(15)19)16-8-10-7-9(2)18-17-10/h4-7,16H,3,8H2,1-2H3,(H2,15,19). The number of thiocarbonyl (C=S) groups is 1. The fourth-order valence-electron chi connectivity index (χ4n) is 1.90. The molecule has 1 aromatic heterocycles. The first kappa shape index (κ1) is 14.9. The van der Waals surface area contributed by atoms with Gasteiger partial charge in [0.2, 0.25) is 0 Å². The molecule has 6 heteroatoms. The van der Waals surface area contributed by atoms with Gasteiger partial charge in [0.25, 0.3) is 0 Å². The molecular formula is C14H17N3OS2. The van der Waals surface area contributed by atoms with Crippen LogP contribution in [0.3, 0.4) is 0 Å². The second kappa shape index (κ2) is 6.76. The van der Waals surface area contributed by atoms with Crippen molar-refractivity contribution in [1.29, 1.82) is 0 Å². The van der Waals surface area contributed by atoms with Gasteiger partial charge in [-0.05, 0) is 24.8 Å². The van der Waals surface area contributed by atoms with Crippen molar-refractivity contribution < 1.29 is 4.52 Å². The minimum Gasteiger partial charge on any atom is -0.389 e. The van der Waals surface area contributed by atoms with Crippen molar-refractivity contribution in [3.8, 4) is 0 Å². The van der Waals surface area contributed by atoms with E-state index in [0.29, 0.717) is 11.5 Å². The predicted molar refractivity (Wildman–Crippen MR) is 87.3 cm³/mol. The average Bonchev–Trinajstić information content (AvgIpc) is 2.82. The van der Waals surface area contributed by atoms with E-state index in [0.717, 1.165) is 33.4 Å². The van der Waals surface area contributed by atoms with Crippen LogP contribution >= 0.6 is 24.0 Å². The summed E-state index contributed by atoms with van der Waals surface area (Å²) in [5.74, 6) is 1.77. The van der Waals surface area contributed by atoms with Gasteiger partial charge in [0.1, 0.15) is 16.4 Å². The summed E-state index contributed by atoms with van der Waals surface area (Å²) in [6.07, 6.45) is 0. The molecule has 2 aromatic rings. The van der Waals surface area contributed by atoms with E-state index in [-0.39, 0.29) is 0 Å². The summed E-state index contributed by atoms with van der Waals surface area (Å²) < 4.78 is 5.05. The van der Waals surface area contributed by atoms with Crippen LogP contribution < -0.4 is 11.1 Å². The van der Waals surface area contributed by atoms with E-state index in [2.05, 4.69) is 17.4 Å². The lowest BCUT2D eigenvalue weighted by Gasteiger charge is -2.14. The predicted octanol–water partition coefficient (Wildman–Crippen LogP) is 3.34. The third kappa shape index (κ3) is 3.52. The molecule has 0 aliphatic rings. The van der Waals surface area contributed by atoms with E-state index in [1.54, 1.807) is 11.8 Å². The van der Waals surface area contributed by atoms with Crippen molar-refractivity contribution in [3.63, 3.8) is 0 Å². The summed E-state index contributed by atoms with van der Waals surface area (Å²) >= 11 is 6.91. The second-order valence-electron chi connectivity index (χ2n) is 4.26. The van der Waals surface area contributed by atoms with Crippen LogP contribution in [0.1, 0.15) is 23.9 Å². The number of benzene rings is 1. The van der Waals surface area contributed by atoms with Crippen LogP contribution in [0.15, 0.2) is 33.7 Å². The highest BCUT2D eigenvalue weighted by molar-refractivity contribution is 7.99. The molecule has 0 spiro atoms. The number of hydrogen-bond donors (Lipinski definition) is 2. The second-order valence-corrected chi connectivity index (χ2v) is 6.00. The number of nitrogens with two attached hydrogens (primary N) is 1. The van der Waals surface area contributed by atoms with E-state index >= 15 is 0 Å². The van der Waals surface area contributed by atoms with Gasteiger partial charge in [-0.25, -0.2) is 0 Å². The van der Waals surface area contributed by atoms with E-state index in [4.69, 9.17) is 22.5 Å². The molecule has 0 saturated heterocycles. The Bertz CT molecular complexity index is 610. The Hall–Kier alpha value is -1.53. The highest BCUT2D eigenvalue weighted by Gasteiger charge is 2.11. The first-order valence-electron chi connectivity index (χ1n) is 6.33. The van der Waals surface area contributed by atoms with Crippen LogP contribution in [-0.2, 0) is 6.54 Å². The quantitative estimate of drug-likeness (QED) is 0.630. The number of thioether (sulfide) groups is 1. The third-order valence-corrected chi connectivity index (χ3v) is 3.85. The molecule has 0 amide bonds. The zero-order valence-electron chi connectivity index (χ0n) is 11.5. The molecule has 3 N–H and O–H groups in total. The van der Waals surface area contributed by atoms with E-state index in [1.807, 2.05) is 31.2 Å². The molecule has 1 heterocycles. The third-order valence-electron chi connectivity index (χ3n) is 2.71. The largest absolute Gasteiger partial charge is 0.389 e. The summed E-state index contributed by atoms with van der Waals surface area (Å²) in [6.45, 7) is 4.55. The maximum absolute atomic E-state index is 5.86. The highest BCUT2D eigenvalue weighted by Crippen LogP contribution is 2.28. The molecule has 106 valence electrons. The fraction of sp³-hybridized carbons (Fsp3) is 0.286. The van der Waals surface area contributed by atoms with E-state index in [9.17, 15) is 0 Å². The number of rotatable bonds is 6. The molecular weight excluding hydrogens is 290 g/mol. The van der Waals surface area contributed by atoms with Crippen LogP contribution in [0.4, 0.5) is 5.69 Å². The topological polar surface area (TPSA) is 64.1 Å². The number of aryl methyl sites for hydroxylation is 1. The Morgan fingerprint density at radius 3 is 2.90 bits per heavy atom. The number of hydrogen-bond acceptors (Lipinski definition) is 5. The van der Waals surface area contributed by atoms with Gasteiger partial charge in [-0.15, -0.1) is 11.8 Å². The summed E-state index contributed by atoms with van der Waals surface area (Å²) in [4.78, 5) is 1.50. The van der Waals surface area contributed by atoms with Gasteiger partial charge in [0.15, 0.2) is 0 Å². The molecule has 0 bridgehead atoms. The van der Waals surface area contributed by atoms with Crippen LogP contribution in [-0.4, -0.2) is 15.9 Å². The van der Waals surface area contributed by atoms with Crippen molar-refractivity contribution in [1.82, 2.24) is 5.16 Å². The van der Waals surface area contributed by atoms with Gasteiger partial charge < -0.3 is 15.6 Å². The summed E-state index contributed by atoms with van der Waals surface area (Å²) in [5.41, 5.74) is 8.54. The Balaban J connectivity index is 2.22. The van der Waals surface area contributed by atoms with Crippen molar-refractivity contribution in [3.05, 3.63) is 41.3 Å². The summed E-state index contributed by atoms with van der Waals surface area (Å²) in [7, 11) is 0. The zero-order chi connectivity index (χ0) is 14.5. The number of nitrogens with zero attached hydrogens (tertiary/aromatic N) is 1. The summed E-state index contributed by atoms with van der Waals surface area (Å²) in [6, 6.07) is 7.91. The minimum absolute atomic E-state index is 0.403. The Labute approximate surface area is 128 Å². The average molecular weight is 307 g/mol. The van der Waals surface area contributed by atoms with Gasteiger partial charge in [-0.2, -0.15) is 0 Å². The smallest absolute Gasteiger partial charge is 0.133 e. The van der Waals surface area contributed by atoms with Crippen molar-refractivity contribution >= 4 is 34.7 Å². The van der Waals surface area contributed by atoms with Gasteiger partial charge in [-0.1, -0.05) is 30.4 Å². The number of aromatic nitrogens is 1. The molecule has 0 atom stereocenters. The van der Waals surface area contributed by atoms with Crippen LogP contribution in [0.2, 0.25) is 0 Å². The lowest BCUT2D eigenvalue weighted by Crippen LogP contribution is -2.14. The molecule has 0 fully saturated rings. The van der Waals surface area contributed by atoms with Crippen molar-refractivity contribution in [2.45, 2.75) is 25.3 Å². The monoisotopic (exact) mass is 307 g/mol. The Morgan fingerprint density at radius 1 is 1.50 bits per heavy atom. The first-order valence-corrected chi connectivity index (χ1v) is 7.73. The maximum atomic E-state index is 5.86.